The topological polar surface area (TPSA) is 88.3 Å². The van der Waals surface area contributed by atoms with Crippen molar-refractivity contribution >= 4 is 11.8 Å². The standard InChI is InChI=1S/C14H22N4O3/c1-3-5-11-16-12(21-17-11)6-7-13(19)18-9-8-15-14(20)10(18)4-2/h10H,3-9H2,1-2H3,(H,15,20). The average molecular weight is 294 g/mol. The molecule has 1 aromatic heterocycles. The van der Waals surface area contributed by atoms with E-state index in [2.05, 4.69) is 15.5 Å². The van der Waals surface area contributed by atoms with Crippen molar-refractivity contribution in [3.63, 3.8) is 0 Å². The van der Waals surface area contributed by atoms with Gasteiger partial charge in [0.25, 0.3) is 0 Å². The van der Waals surface area contributed by atoms with Crippen molar-refractivity contribution in [2.75, 3.05) is 13.1 Å². The molecule has 1 unspecified atom stereocenters. The first-order chi connectivity index (χ1) is 10.2. The van der Waals surface area contributed by atoms with Gasteiger partial charge in [0, 0.05) is 32.4 Å². The summed E-state index contributed by atoms with van der Waals surface area (Å²) in [5.41, 5.74) is 0. The van der Waals surface area contributed by atoms with Crippen molar-refractivity contribution in [1.82, 2.24) is 20.4 Å². The maximum atomic E-state index is 12.3. The molecule has 1 aliphatic heterocycles. The highest BCUT2D eigenvalue weighted by atomic mass is 16.5. The summed E-state index contributed by atoms with van der Waals surface area (Å²) in [6.45, 7) is 5.03. The van der Waals surface area contributed by atoms with E-state index in [1.165, 1.54) is 0 Å². The van der Waals surface area contributed by atoms with Gasteiger partial charge in [0.05, 0.1) is 0 Å². The molecule has 1 fully saturated rings. The van der Waals surface area contributed by atoms with Gasteiger partial charge in [-0.05, 0) is 12.8 Å². The molecule has 1 saturated heterocycles. The summed E-state index contributed by atoms with van der Waals surface area (Å²) in [6.07, 6.45) is 3.07. The number of nitrogens with zero attached hydrogens (tertiary/aromatic N) is 3. The van der Waals surface area contributed by atoms with E-state index in [1.54, 1.807) is 4.90 Å². The van der Waals surface area contributed by atoms with Crippen LogP contribution in [0.1, 0.15) is 44.8 Å². The molecular weight excluding hydrogens is 272 g/mol. The summed E-state index contributed by atoms with van der Waals surface area (Å²) < 4.78 is 5.12. The predicted octanol–water partition coefficient (Wildman–Crippen LogP) is 0.692. The van der Waals surface area contributed by atoms with Crippen LogP contribution in [0.4, 0.5) is 0 Å². The lowest BCUT2D eigenvalue weighted by atomic mass is 10.1. The zero-order valence-corrected chi connectivity index (χ0v) is 12.6. The molecular formula is C14H22N4O3. The molecule has 2 heterocycles. The smallest absolute Gasteiger partial charge is 0.242 e. The van der Waals surface area contributed by atoms with E-state index in [0.717, 1.165) is 12.8 Å². The van der Waals surface area contributed by atoms with E-state index in [-0.39, 0.29) is 24.3 Å². The second-order valence-electron chi connectivity index (χ2n) is 5.16. The van der Waals surface area contributed by atoms with Crippen molar-refractivity contribution in [2.45, 2.75) is 52.0 Å². The minimum atomic E-state index is -0.357. The van der Waals surface area contributed by atoms with Gasteiger partial charge in [-0.1, -0.05) is 19.0 Å². The number of aryl methyl sites for hydroxylation is 2. The largest absolute Gasteiger partial charge is 0.353 e. The number of piperazine rings is 1. The summed E-state index contributed by atoms with van der Waals surface area (Å²) in [7, 11) is 0. The molecule has 0 radical (unpaired) electrons. The van der Waals surface area contributed by atoms with E-state index in [9.17, 15) is 9.59 Å². The van der Waals surface area contributed by atoms with Crippen LogP contribution < -0.4 is 5.32 Å². The van der Waals surface area contributed by atoms with Crippen molar-refractivity contribution in [2.24, 2.45) is 0 Å². The van der Waals surface area contributed by atoms with Crippen LogP contribution in [0.3, 0.4) is 0 Å². The first-order valence-electron chi connectivity index (χ1n) is 7.54. The molecule has 1 atom stereocenters. The highest BCUT2D eigenvalue weighted by molar-refractivity contribution is 5.88. The maximum absolute atomic E-state index is 12.3. The maximum Gasteiger partial charge on any atom is 0.242 e. The normalized spacial score (nSPS) is 18.7. The third-order valence-electron chi connectivity index (χ3n) is 3.57. The fourth-order valence-corrected chi connectivity index (χ4v) is 2.49. The number of hydrogen-bond donors (Lipinski definition) is 1. The Hall–Kier alpha value is -1.92. The second-order valence-corrected chi connectivity index (χ2v) is 5.16. The quantitative estimate of drug-likeness (QED) is 0.834. The molecule has 2 rings (SSSR count). The molecule has 116 valence electrons. The van der Waals surface area contributed by atoms with Gasteiger partial charge in [0.2, 0.25) is 17.7 Å². The Morgan fingerprint density at radius 3 is 2.95 bits per heavy atom. The number of hydrogen-bond acceptors (Lipinski definition) is 5. The zero-order valence-electron chi connectivity index (χ0n) is 12.6. The third-order valence-corrected chi connectivity index (χ3v) is 3.57. The van der Waals surface area contributed by atoms with E-state index in [4.69, 9.17) is 4.52 Å². The highest BCUT2D eigenvalue weighted by Gasteiger charge is 2.31. The average Bonchev–Trinajstić information content (AvgIpc) is 2.92. The monoisotopic (exact) mass is 294 g/mol. The lowest BCUT2D eigenvalue weighted by Crippen LogP contribution is -2.56. The Bertz CT molecular complexity index is 500. The molecule has 0 aliphatic carbocycles. The van der Waals surface area contributed by atoms with Gasteiger partial charge in [0.15, 0.2) is 5.82 Å². The molecule has 0 spiro atoms. The molecule has 7 heteroatoms. The summed E-state index contributed by atoms with van der Waals surface area (Å²) in [6, 6.07) is -0.357. The Morgan fingerprint density at radius 1 is 1.43 bits per heavy atom. The Balaban J connectivity index is 1.89. The minimum Gasteiger partial charge on any atom is -0.353 e. The molecule has 2 amide bonds. The Morgan fingerprint density at radius 2 is 2.24 bits per heavy atom. The van der Waals surface area contributed by atoms with Crippen molar-refractivity contribution < 1.29 is 14.1 Å². The summed E-state index contributed by atoms with van der Waals surface area (Å²) >= 11 is 0. The first-order valence-corrected chi connectivity index (χ1v) is 7.54. The van der Waals surface area contributed by atoms with Gasteiger partial charge in [-0.3, -0.25) is 9.59 Å². The van der Waals surface area contributed by atoms with Gasteiger partial charge in [-0.25, -0.2) is 0 Å². The van der Waals surface area contributed by atoms with Crippen LogP contribution in [0.15, 0.2) is 4.52 Å². The van der Waals surface area contributed by atoms with Crippen LogP contribution in [0.2, 0.25) is 0 Å². The first kappa shape index (κ1) is 15.5. The lowest BCUT2D eigenvalue weighted by Gasteiger charge is -2.34. The van der Waals surface area contributed by atoms with Gasteiger partial charge in [-0.15, -0.1) is 0 Å². The SMILES string of the molecule is CCCc1noc(CCC(=O)N2CCNC(=O)C2CC)n1. The fraction of sp³-hybridized carbons (Fsp3) is 0.714. The van der Waals surface area contributed by atoms with E-state index < -0.39 is 0 Å². The van der Waals surface area contributed by atoms with E-state index in [1.807, 2.05) is 13.8 Å². The molecule has 1 aromatic rings. The Labute approximate surface area is 124 Å². The van der Waals surface area contributed by atoms with Crippen LogP contribution in [0.25, 0.3) is 0 Å². The summed E-state index contributed by atoms with van der Waals surface area (Å²) in [4.78, 5) is 29.9. The second kappa shape index (κ2) is 7.19. The molecule has 1 aliphatic rings. The van der Waals surface area contributed by atoms with Crippen LogP contribution in [-0.4, -0.2) is 46.0 Å². The third kappa shape index (κ3) is 3.80. The van der Waals surface area contributed by atoms with Crippen molar-refractivity contribution in [1.29, 1.82) is 0 Å². The lowest BCUT2D eigenvalue weighted by molar-refractivity contribution is -0.143. The highest BCUT2D eigenvalue weighted by Crippen LogP contribution is 2.12. The van der Waals surface area contributed by atoms with Gasteiger partial charge in [0.1, 0.15) is 6.04 Å². The zero-order chi connectivity index (χ0) is 15.2. The van der Waals surface area contributed by atoms with Crippen molar-refractivity contribution in [3.8, 4) is 0 Å². The van der Waals surface area contributed by atoms with Crippen LogP contribution in [-0.2, 0) is 22.4 Å². The summed E-state index contributed by atoms with van der Waals surface area (Å²) in [5, 5.41) is 6.65. The molecule has 7 nitrogen and oxygen atoms in total. The summed E-state index contributed by atoms with van der Waals surface area (Å²) in [5.74, 6) is 1.07. The van der Waals surface area contributed by atoms with E-state index >= 15 is 0 Å². The van der Waals surface area contributed by atoms with Crippen LogP contribution >= 0.6 is 0 Å². The number of rotatable bonds is 6. The Kier molecular flexibility index (Phi) is 5.30. The molecule has 1 N–H and O–H groups in total. The molecule has 21 heavy (non-hydrogen) atoms. The van der Waals surface area contributed by atoms with Gasteiger partial charge in [-0.2, -0.15) is 4.98 Å². The molecule has 0 bridgehead atoms. The predicted molar refractivity (Wildman–Crippen MR) is 75.4 cm³/mol. The number of carbonyl (C=O) groups excluding carboxylic acids is 2. The number of nitrogens with one attached hydrogen (secondary N) is 1. The number of carbonyl (C=O) groups is 2. The van der Waals surface area contributed by atoms with Crippen LogP contribution in [0.5, 0.6) is 0 Å². The molecule has 0 aromatic carbocycles. The van der Waals surface area contributed by atoms with E-state index in [0.29, 0.717) is 37.6 Å². The van der Waals surface area contributed by atoms with Gasteiger partial charge < -0.3 is 14.7 Å². The minimum absolute atomic E-state index is 0.0352. The van der Waals surface area contributed by atoms with Crippen LogP contribution in [0, 0.1) is 0 Å². The van der Waals surface area contributed by atoms with Crippen molar-refractivity contribution in [3.05, 3.63) is 11.7 Å². The fourth-order valence-electron chi connectivity index (χ4n) is 2.49. The van der Waals surface area contributed by atoms with Gasteiger partial charge >= 0.3 is 0 Å². The molecule has 0 saturated carbocycles. The number of amides is 2. The number of aromatic nitrogens is 2.